The standard InChI is InChI=1S/C24H25NO4/c1-13-24(22(27)29-4)15-11-18-16-8-6-5-7-14(16)9-10-17(18)19(24)20(21(26)28-3)23(2,12-15)25-13/h5-10,15,19-20H,11-12H2,1-4H3/t15?,19?,20-,23-,24+/m1/s1. The Bertz CT molecular complexity index is 1090. The summed E-state index contributed by atoms with van der Waals surface area (Å²) in [7, 11) is 2.84. The SMILES string of the molecule is COC(=O)[C@H]1C2c3ccc4ccccc4c3CC3C[C@@]1(C)N=C(C)[C@]32C(=O)OC. The predicted molar refractivity (Wildman–Crippen MR) is 110 cm³/mol. The van der Waals surface area contributed by atoms with Crippen LogP contribution in [-0.2, 0) is 25.5 Å². The van der Waals surface area contributed by atoms with Crippen molar-refractivity contribution < 1.29 is 19.1 Å². The maximum absolute atomic E-state index is 13.3. The van der Waals surface area contributed by atoms with Gasteiger partial charge in [-0.1, -0.05) is 36.4 Å². The molecule has 2 aromatic carbocycles. The van der Waals surface area contributed by atoms with Crippen molar-refractivity contribution in [2.45, 2.75) is 38.1 Å². The average molecular weight is 391 g/mol. The molecule has 2 aliphatic heterocycles. The lowest BCUT2D eigenvalue weighted by Crippen LogP contribution is -2.68. The predicted octanol–water partition coefficient (Wildman–Crippen LogP) is 3.68. The number of benzene rings is 2. The normalized spacial score (nSPS) is 34.3. The molecule has 2 unspecified atom stereocenters. The zero-order valence-corrected chi connectivity index (χ0v) is 17.2. The number of methoxy groups -OCH3 is 2. The number of hydrogen-bond acceptors (Lipinski definition) is 5. The van der Waals surface area contributed by atoms with Crippen LogP contribution < -0.4 is 0 Å². The van der Waals surface area contributed by atoms with Gasteiger partial charge in [-0.3, -0.25) is 14.6 Å². The maximum Gasteiger partial charge on any atom is 0.318 e. The number of esters is 2. The molecule has 2 heterocycles. The number of carbonyl (C=O) groups is 2. The van der Waals surface area contributed by atoms with Crippen LogP contribution >= 0.6 is 0 Å². The van der Waals surface area contributed by atoms with Gasteiger partial charge in [0.25, 0.3) is 0 Å². The molecule has 150 valence electrons. The van der Waals surface area contributed by atoms with Crippen LogP contribution in [0, 0.1) is 17.3 Å². The molecular weight excluding hydrogens is 366 g/mol. The molecule has 2 aromatic rings. The Labute approximate surface area is 170 Å². The molecular formula is C24H25NO4. The quantitative estimate of drug-likeness (QED) is 0.733. The van der Waals surface area contributed by atoms with Crippen molar-refractivity contribution in [2.75, 3.05) is 14.2 Å². The fourth-order valence-corrected chi connectivity index (χ4v) is 6.68. The summed E-state index contributed by atoms with van der Waals surface area (Å²) in [6.07, 6.45) is 1.44. The topological polar surface area (TPSA) is 65.0 Å². The highest BCUT2D eigenvalue weighted by Gasteiger charge is 2.71. The molecule has 1 saturated carbocycles. The molecule has 0 spiro atoms. The zero-order valence-electron chi connectivity index (χ0n) is 17.2. The van der Waals surface area contributed by atoms with Crippen LogP contribution in [0.25, 0.3) is 10.8 Å². The van der Waals surface area contributed by atoms with Crippen molar-refractivity contribution in [3.63, 3.8) is 0 Å². The van der Waals surface area contributed by atoms with E-state index in [0.717, 1.165) is 17.7 Å². The second kappa shape index (κ2) is 5.91. The average Bonchev–Trinajstić information content (AvgIpc) is 2.71. The van der Waals surface area contributed by atoms with Crippen LogP contribution in [-0.4, -0.2) is 37.4 Å². The number of nitrogens with zero attached hydrogens (tertiary/aromatic N) is 1. The van der Waals surface area contributed by atoms with Gasteiger partial charge in [0.2, 0.25) is 0 Å². The molecule has 2 aliphatic carbocycles. The van der Waals surface area contributed by atoms with Gasteiger partial charge in [-0.15, -0.1) is 0 Å². The molecule has 0 radical (unpaired) electrons. The second-order valence-electron chi connectivity index (χ2n) is 8.85. The van der Waals surface area contributed by atoms with E-state index in [0.29, 0.717) is 6.42 Å². The van der Waals surface area contributed by atoms with E-state index in [2.05, 4.69) is 24.3 Å². The minimum absolute atomic E-state index is 0.0432. The molecule has 6 rings (SSSR count). The summed E-state index contributed by atoms with van der Waals surface area (Å²) in [5.41, 5.74) is 1.59. The van der Waals surface area contributed by atoms with Gasteiger partial charge in [0.15, 0.2) is 0 Å². The number of rotatable bonds is 2. The van der Waals surface area contributed by atoms with Crippen molar-refractivity contribution >= 4 is 28.4 Å². The third kappa shape index (κ3) is 2.08. The Balaban J connectivity index is 1.87. The summed E-state index contributed by atoms with van der Waals surface area (Å²) in [6, 6.07) is 12.5. The number of hydrogen-bond donors (Lipinski definition) is 0. The highest BCUT2D eigenvalue weighted by molar-refractivity contribution is 6.10. The van der Waals surface area contributed by atoms with Crippen LogP contribution in [0.2, 0.25) is 0 Å². The third-order valence-electron chi connectivity index (χ3n) is 7.66. The van der Waals surface area contributed by atoms with Crippen molar-refractivity contribution in [3.05, 3.63) is 47.5 Å². The van der Waals surface area contributed by atoms with Crippen molar-refractivity contribution in [1.82, 2.24) is 0 Å². The first-order chi connectivity index (χ1) is 13.9. The van der Waals surface area contributed by atoms with Crippen molar-refractivity contribution in [1.29, 1.82) is 0 Å². The third-order valence-corrected chi connectivity index (χ3v) is 7.66. The Morgan fingerprint density at radius 2 is 1.86 bits per heavy atom. The van der Waals surface area contributed by atoms with Gasteiger partial charge in [-0.25, -0.2) is 0 Å². The van der Waals surface area contributed by atoms with E-state index in [-0.39, 0.29) is 23.8 Å². The molecule has 29 heavy (non-hydrogen) atoms. The summed E-state index contributed by atoms with van der Waals surface area (Å²) in [6.45, 7) is 3.96. The number of ether oxygens (including phenoxy) is 2. The van der Waals surface area contributed by atoms with Gasteiger partial charge >= 0.3 is 11.9 Å². The molecule has 4 bridgehead atoms. The highest BCUT2D eigenvalue weighted by atomic mass is 16.5. The zero-order chi connectivity index (χ0) is 20.6. The molecule has 0 saturated heterocycles. The summed E-state index contributed by atoms with van der Waals surface area (Å²) < 4.78 is 10.6. The summed E-state index contributed by atoms with van der Waals surface area (Å²) in [5.74, 6) is -1.41. The van der Waals surface area contributed by atoms with E-state index < -0.39 is 16.9 Å². The van der Waals surface area contributed by atoms with Crippen LogP contribution in [0.3, 0.4) is 0 Å². The Morgan fingerprint density at radius 1 is 1.10 bits per heavy atom. The van der Waals surface area contributed by atoms with Gasteiger partial charge in [0.1, 0.15) is 5.41 Å². The second-order valence-corrected chi connectivity index (χ2v) is 8.85. The smallest absolute Gasteiger partial charge is 0.318 e. The van der Waals surface area contributed by atoms with E-state index in [1.165, 1.54) is 30.6 Å². The first-order valence-corrected chi connectivity index (χ1v) is 10.1. The van der Waals surface area contributed by atoms with Crippen LogP contribution in [0.1, 0.15) is 37.3 Å². The fraction of sp³-hybridized carbons (Fsp3) is 0.458. The lowest BCUT2D eigenvalue weighted by atomic mass is 9.42. The minimum Gasteiger partial charge on any atom is -0.469 e. The van der Waals surface area contributed by atoms with E-state index in [4.69, 9.17) is 14.5 Å². The molecule has 5 atom stereocenters. The number of aliphatic imine (C=N–C) groups is 1. The summed E-state index contributed by atoms with van der Waals surface area (Å²) >= 11 is 0. The Kier molecular flexibility index (Phi) is 3.74. The van der Waals surface area contributed by atoms with Gasteiger partial charge in [-0.2, -0.15) is 0 Å². The summed E-state index contributed by atoms with van der Waals surface area (Å²) in [4.78, 5) is 31.3. The van der Waals surface area contributed by atoms with Crippen LogP contribution in [0.15, 0.2) is 41.4 Å². The number of fused-ring (bicyclic) bond motifs is 3. The molecule has 5 nitrogen and oxygen atoms in total. The molecule has 0 aromatic heterocycles. The Hall–Kier alpha value is -2.69. The van der Waals surface area contributed by atoms with Gasteiger partial charge < -0.3 is 9.47 Å². The molecule has 4 aliphatic rings. The van der Waals surface area contributed by atoms with E-state index in [1.807, 2.05) is 26.0 Å². The van der Waals surface area contributed by atoms with E-state index >= 15 is 0 Å². The molecule has 0 N–H and O–H groups in total. The summed E-state index contributed by atoms with van der Waals surface area (Å²) in [5, 5.41) is 2.37. The molecule has 0 amide bonds. The first kappa shape index (κ1) is 18.3. The monoisotopic (exact) mass is 391 g/mol. The Morgan fingerprint density at radius 3 is 2.59 bits per heavy atom. The fourth-order valence-electron chi connectivity index (χ4n) is 6.68. The van der Waals surface area contributed by atoms with E-state index in [9.17, 15) is 9.59 Å². The minimum atomic E-state index is -0.916. The lowest BCUT2D eigenvalue weighted by Gasteiger charge is -2.62. The van der Waals surface area contributed by atoms with Gasteiger partial charge in [0.05, 0.1) is 25.7 Å². The van der Waals surface area contributed by atoms with Gasteiger partial charge in [0, 0.05) is 11.6 Å². The highest BCUT2D eigenvalue weighted by Crippen LogP contribution is 2.66. The maximum atomic E-state index is 13.3. The van der Waals surface area contributed by atoms with Crippen LogP contribution in [0.4, 0.5) is 0 Å². The number of carbonyl (C=O) groups excluding carboxylic acids is 2. The van der Waals surface area contributed by atoms with Crippen LogP contribution in [0.5, 0.6) is 0 Å². The largest absolute Gasteiger partial charge is 0.469 e. The first-order valence-electron chi connectivity index (χ1n) is 10.1. The lowest BCUT2D eigenvalue weighted by molar-refractivity contribution is -0.167. The van der Waals surface area contributed by atoms with Crippen molar-refractivity contribution in [3.8, 4) is 0 Å². The molecule has 5 heteroatoms. The van der Waals surface area contributed by atoms with Gasteiger partial charge in [-0.05, 0) is 54.5 Å². The molecule has 1 fully saturated rings. The van der Waals surface area contributed by atoms with E-state index in [1.54, 1.807) is 0 Å². The van der Waals surface area contributed by atoms with Crippen molar-refractivity contribution in [2.24, 2.45) is 22.2 Å².